The molecular formula is C17H30N2. The molecule has 2 heteroatoms. The molecule has 1 aromatic rings. The molecule has 0 saturated heterocycles. The lowest BCUT2D eigenvalue weighted by atomic mass is 10.0. The Morgan fingerprint density at radius 3 is 2.47 bits per heavy atom. The van der Waals surface area contributed by atoms with E-state index in [0.29, 0.717) is 6.04 Å². The standard InChI is InChI=1S/C17H30N2/c1-6-18-12-16-8-7-9-17(11-16)13-19(5)15(4)10-14(2)3/h7-9,11,14-15,18H,6,10,12-13H2,1-5H3. The van der Waals surface area contributed by atoms with Crippen LogP contribution in [0.3, 0.4) is 0 Å². The quantitative estimate of drug-likeness (QED) is 0.769. The van der Waals surface area contributed by atoms with Crippen molar-refractivity contribution in [2.24, 2.45) is 5.92 Å². The average Bonchev–Trinajstić information content (AvgIpc) is 2.36. The van der Waals surface area contributed by atoms with Gasteiger partial charge >= 0.3 is 0 Å². The lowest BCUT2D eigenvalue weighted by Crippen LogP contribution is -2.29. The number of rotatable bonds is 8. The molecule has 1 atom stereocenters. The first-order valence-electron chi connectivity index (χ1n) is 7.51. The predicted octanol–water partition coefficient (Wildman–Crippen LogP) is 3.66. The second kappa shape index (κ2) is 8.34. The van der Waals surface area contributed by atoms with Crippen LogP contribution in [0.4, 0.5) is 0 Å². The van der Waals surface area contributed by atoms with Crippen molar-refractivity contribution in [1.29, 1.82) is 0 Å². The molecule has 0 fully saturated rings. The van der Waals surface area contributed by atoms with E-state index in [0.717, 1.165) is 25.6 Å². The zero-order chi connectivity index (χ0) is 14.3. The van der Waals surface area contributed by atoms with Gasteiger partial charge in [0.25, 0.3) is 0 Å². The van der Waals surface area contributed by atoms with E-state index in [2.05, 4.69) is 69.2 Å². The van der Waals surface area contributed by atoms with Crippen molar-refractivity contribution in [3.05, 3.63) is 35.4 Å². The summed E-state index contributed by atoms with van der Waals surface area (Å²) in [6, 6.07) is 9.56. The maximum atomic E-state index is 3.38. The largest absolute Gasteiger partial charge is 0.313 e. The first-order chi connectivity index (χ1) is 9.02. The number of hydrogen-bond acceptors (Lipinski definition) is 2. The zero-order valence-electron chi connectivity index (χ0n) is 13.2. The molecule has 108 valence electrons. The molecule has 1 N–H and O–H groups in total. The van der Waals surface area contributed by atoms with Crippen LogP contribution >= 0.6 is 0 Å². The minimum atomic E-state index is 0.637. The summed E-state index contributed by atoms with van der Waals surface area (Å²) in [5.41, 5.74) is 2.79. The highest BCUT2D eigenvalue weighted by Crippen LogP contribution is 2.14. The van der Waals surface area contributed by atoms with Crippen LogP contribution < -0.4 is 5.32 Å². The monoisotopic (exact) mass is 262 g/mol. The van der Waals surface area contributed by atoms with E-state index in [4.69, 9.17) is 0 Å². The van der Waals surface area contributed by atoms with Gasteiger partial charge in [0.2, 0.25) is 0 Å². The molecule has 1 rings (SSSR count). The van der Waals surface area contributed by atoms with Gasteiger partial charge in [0, 0.05) is 19.1 Å². The van der Waals surface area contributed by atoms with Crippen molar-refractivity contribution in [2.45, 2.75) is 53.2 Å². The van der Waals surface area contributed by atoms with Gasteiger partial charge < -0.3 is 5.32 Å². The third-order valence-electron chi connectivity index (χ3n) is 3.57. The average molecular weight is 262 g/mol. The van der Waals surface area contributed by atoms with Crippen LogP contribution in [-0.2, 0) is 13.1 Å². The number of hydrogen-bond donors (Lipinski definition) is 1. The van der Waals surface area contributed by atoms with Crippen LogP contribution in [0.15, 0.2) is 24.3 Å². The van der Waals surface area contributed by atoms with Crippen molar-refractivity contribution in [2.75, 3.05) is 13.6 Å². The van der Waals surface area contributed by atoms with Gasteiger partial charge in [0.05, 0.1) is 0 Å². The zero-order valence-corrected chi connectivity index (χ0v) is 13.2. The molecule has 0 saturated carbocycles. The van der Waals surface area contributed by atoms with E-state index in [-0.39, 0.29) is 0 Å². The van der Waals surface area contributed by atoms with Gasteiger partial charge in [-0.15, -0.1) is 0 Å². The molecule has 19 heavy (non-hydrogen) atoms. The maximum absolute atomic E-state index is 3.38. The normalized spacial score (nSPS) is 13.2. The van der Waals surface area contributed by atoms with Crippen molar-refractivity contribution >= 4 is 0 Å². The molecule has 1 unspecified atom stereocenters. The van der Waals surface area contributed by atoms with Crippen LogP contribution in [0.2, 0.25) is 0 Å². The van der Waals surface area contributed by atoms with Gasteiger partial charge in [0.15, 0.2) is 0 Å². The van der Waals surface area contributed by atoms with Gasteiger partial charge in [-0.05, 0) is 44.0 Å². The Balaban J connectivity index is 2.55. The molecule has 0 aliphatic carbocycles. The predicted molar refractivity (Wildman–Crippen MR) is 84.2 cm³/mol. The molecule has 0 spiro atoms. The Kier molecular flexibility index (Phi) is 7.11. The van der Waals surface area contributed by atoms with Gasteiger partial charge in [-0.3, -0.25) is 4.90 Å². The fourth-order valence-corrected chi connectivity index (χ4v) is 2.41. The SMILES string of the molecule is CCNCc1cccc(CN(C)C(C)CC(C)C)c1. The van der Waals surface area contributed by atoms with Crippen molar-refractivity contribution in [3.8, 4) is 0 Å². The molecule has 0 radical (unpaired) electrons. The topological polar surface area (TPSA) is 15.3 Å². The Morgan fingerprint density at radius 2 is 1.84 bits per heavy atom. The van der Waals surface area contributed by atoms with Crippen LogP contribution in [0, 0.1) is 5.92 Å². The molecule has 0 aromatic heterocycles. The second-order valence-electron chi connectivity index (χ2n) is 5.99. The fourth-order valence-electron chi connectivity index (χ4n) is 2.41. The third kappa shape index (κ3) is 6.22. The molecular weight excluding hydrogens is 232 g/mol. The number of benzene rings is 1. The highest BCUT2D eigenvalue weighted by Gasteiger charge is 2.11. The summed E-state index contributed by atoms with van der Waals surface area (Å²) in [7, 11) is 2.23. The third-order valence-corrected chi connectivity index (χ3v) is 3.57. The molecule has 0 aliphatic rings. The van der Waals surface area contributed by atoms with E-state index in [1.165, 1.54) is 17.5 Å². The molecule has 1 aromatic carbocycles. The minimum Gasteiger partial charge on any atom is -0.313 e. The molecule has 0 aliphatic heterocycles. The van der Waals surface area contributed by atoms with E-state index in [1.807, 2.05) is 0 Å². The summed E-state index contributed by atoms with van der Waals surface area (Å²) >= 11 is 0. The van der Waals surface area contributed by atoms with Crippen molar-refractivity contribution in [1.82, 2.24) is 10.2 Å². The fraction of sp³-hybridized carbons (Fsp3) is 0.647. The van der Waals surface area contributed by atoms with Crippen LogP contribution in [0.5, 0.6) is 0 Å². The van der Waals surface area contributed by atoms with Crippen LogP contribution in [0.25, 0.3) is 0 Å². The van der Waals surface area contributed by atoms with E-state index in [9.17, 15) is 0 Å². The van der Waals surface area contributed by atoms with Gasteiger partial charge in [-0.25, -0.2) is 0 Å². The minimum absolute atomic E-state index is 0.637. The number of nitrogens with zero attached hydrogens (tertiary/aromatic N) is 1. The highest BCUT2D eigenvalue weighted by atomic mass is 15.1. The number of nitrogens with one attached hydrogen (secondary N) is 1. The van der Waals surface area contributed by atoms with E-state index < -0.39 is 0 Å². The molecule has 0 bridgehead atoms. The van der Waals surface area contributed by atoms with Gasteiger partial charge in [0.1, 0.15) is 0 Å². The maximum Gasteiger partial charge on any atom is 0.0233 e. The van der Waals surface area contributed by atoms with Crippen molar-refractivity contribution in [3.63, 3.8) is 0 Å². The lowest BCUT2D eigenvalue weighted by molar-refractivity contribution is 0.220. The summed E-state index contributed by atoms with van der Waals surface area (Å²) < 4.78 is 0. The first-order valence-corrected chi connectivity index (χ1v) is 7.51. The second-order valence-corrected chi connectivity index (χ2v) is 5.99. The molecule has 2 nitrogen and oxygen atoms in total. The first kappa shape index (κ1) is 16.2. The van der Waals surface area contributed by atoms with Gasteiger partial charge in [-0.2, -0.15) is 0 Å². The Morgan fingerprint density at radius 1 is 1.16 bits per heavy atom. The summed E-state index contributed by atoms with van der Waals surface area (Å²) in [4.78, 5) is 2.45. The highest BCUT2D eigenvalue weighted by molar-refractivity contribution is 5.23. The van der Waals surface area contributed by atoms with Crippen molar-refractivity contribution < 1.29 is 0 Å². The van der Waals surface area contributed by atoms with Crippen LogP contribution in [0.1, 0.15) is 45.2 Å². The summed E-state index contributed by atoms with van der Waals surface area (Å²) in [5.74, 6) is 0.762. The van der Waals surface area contributed by atoms with Gasteiger partial charge in [-0.1, -0.05) is 45.0 Å². The Labute approximate surface area is 119 Å². The van der Waals surface area contributed by atoms with E-state index in [1.54, 1.807) is 0 Å². The Bertz CT molecular complexity index is 360. The van der Waals surface area contributed by atoms with Crippen LogP contribution in [-0.4, -0.2) is 24.5 Å². The molecule has 0 heterocycles. The summed E-state index contributed by atoms with van der Waals surface area (Å²) in [5, 5.41) is 3.38. The smallest absolute Gasteiger partial charge is 0.0233 e. The summed E-state index contributed by atoms with van der Waals surface area (Å²) in [6.07, 6.45) is 1.26. The summed E-state index contributed by atoms with van der Waals surface area (Å²) in [6.45, 7) is 12.1. The van der Waals surface area contributed by atoms with E-state index >= 15 is 0 Å². The Hall–Kier alpha value is -0.860. The lowest BCUT2D eigenvalue weighted by Gasteiger charge is -2.26. The molecule has 0 amide bonds.